The van der Waals surface area contributed by atoms with E-state index >= 15 is 0 Å². The van der Waals surface area contributed by atoms with E-state index in [0.29, 0.717) is 36.2 Å². The quantitative estimate of drug-likeness (QED) is 0.363. The summed E-state index contributed by atoms with van der Waals surface area (Å²) in [6, 6.07) is 9.15. The number of nitrogens with one attached hydrogen (secondary N) is 1. The molecule has 0 saturated carbocycles. The molecular weight excluding hydrogens is 575 g/mol. The summed E-state index contributed by atoms with van der Waals surface area (Å²) >= 11 is 6.58. The number of halogens is 4. The summed E-state index contributed by atoms with van der Waals surface area (Å²) in [5.74, 6) is -0.0248. The summed E-state index contributed by atoms with van der Waals surface area (Å²) in [6.45, 7) is 5.64. The molecule has 2 amide bonds. The topological polar surface area (TPSA) is 89.1 Å². The van der Waals surface area contributed by atoms with Gasteiger partial charge < -0.3 is 24.4 Å². The van der Waals surface area contributed by atoms with Gasteiger partial charge in [0.2, 0.25) is 5.88 Å². The van der Waals surface area contributed by atoms with Gasteiger partial charge >= 0.3 is 12.2 Å². The van der Waals surface area contributed by atoms with Crippen molar-refractivity contribution in [2.75, 3.05) is 41.4 Å². The molecule has 2 aromatic heterocycles. The predicted octanol–water partition coefficient (Wildman–Crippen LogP) is 6.37. The first-order chi connectivity index (χ1) is 20.0. The predicted molar refractivity (Wildman–Crippen MR) is 151 cm³/mol. The number of pyridine rings is 2. The van der Waals surface area contributed by atoms with Crippen LogP contribution in [-0.2, 0) is 15.7 Å². The van der Waals surface area contributed by atoms with Gasteiger partial charge in [-0.3, -0.25) is 4.90 Å². The molecule has 5 heterocycles. The highest BCUT2D eigenvalue weighted by Gasteiger charge is 2.39. The minimum atomic E-state index is -4.52. The number of carbonyl (C=O) groups excluding carboxylic acids is 1. The Bertz CT molecular complexity index is 1500. The van der Waals surface area contributed by atoms with Crippen molar-refractivity contribution in [2.45, 2.75) is 50.8 Å². The molecule has 2 fully saturated rings. The molecule has 1 N–H and O–H groups in total. The number of anilines is 3. The van der Waals surface area contributed by atoms with E-state index in [9.17, 15) is 18.0 Å². The van der Waals surface area contributed by atoms with Crippen molar-refractivity contribution < 1.29 is 32.2 Å². The zero-order valence-electron chi connectivity index (χ0n) is 22.9. The van der Waals surface area contributed by atoms with Gasteiger partial charge in [-0.15, -0.1) is 0 Å². The fourth-order valence-corrected chi connectivity index (χ4v) is 5.77. The zero-order valence-corrected chi connectivity index (χ0v) is 23.7. The molecule has 3 aliphatic heterocycles. The van der Waals surface area contributed by atoms with Crippen LogP contribution >= 0.6 is 11.6 Å². The monoisotopic (exact) mass is 603 g/mol. The average Bonchev–Trinajstić information content (AvgIpc) is 3.30. The highest BCUT2D eigenvalue weighted by atomic mass is 35.5. The molecule has 13 heteroatoms. The zero-order chi connectivity index (χ0) is 29.6. The minimum absolute atomic E-state index is 0.168. The van der Waals surface area contributed by atoms with E-state index in [2.05, 4.69) is 15.2 Å². The summed E-state index contributed by atoms with van der Waals surface area (Å²) in [7, 11) is 0. The third-order valence-corrected chi connectivity index (χ3v) is 7.71. The van der Waals surface area contributed by atoms with E-state index in [-0.39, 0.29) is 35.0 Å². The molecule has 3 aromatic rings. The van der Waals surface area contributed by atoms with Crippen LogP contribution in [0.3, 0.4) is 0 Å². The Hall–Kier alpha value is -3.61. The number of urea groups is 1. The molecule has 9 nitrogen and oxygen atoms in total. The first-order valence-corrected chi connectivity index (χ1v) is 14.0. The van der Waals surface area contributed by atoms with Crippen LogP contribution in [-0.4, -0.2) is 60.2 Å². The van der Waals surface area contributed by atoms with Crippen molar-refractivity contribution in [3.8, 4) is 17.1 Å². The molecule has 222 valence electrons. The molecule has 3 aliphatic rings. The van der Waals surface area contributed by atoms with Crippen LogP contribution in [0.4, 0.5) is 35.2 Å². The number of rotatable bonds is 5. The first-order valence-electron chi connectivity index (χ1n) is 13.6. The SMILES string of the molecule is CC1(C)OCC(COc2cc(NC(=O)N3c4nc(-c5cccc(C(F)(F)F)c5)c(Cl)cc4N4CCC[C@H]3C4)ccn2)O1. The van der Waals surface area contributed by atoms with E-state index < -0.39 is 23.6 Å². The van der Waals surface area contributed by atoms with Gasteiger partial charge in [-0.1, -0.05) is 23.7 Å². The number of nitrogens with zero attached hydrogens (tertiary/aromatic N) is 4. The van der Waals surface area contributed by atoms with Crippen LogP contribution in [0.25, 0.3) is 11.3 Å². The number of hydrogen-bond acceptors (Lipinski definition) is 7. The van der Waals surface area contributed by atoms with E-state index in [0.717, 1.165) is 31.5 Å². The van der Waals surface area contributed by atoms with E-state index in [1.165, 1.54) is 18.3 Å². The summed E-state index contributed by atoms with van der Waals surface area (Å²) < 4.78 is 57.4. The maximum Gasteiger partial charge on any atom is 0.416 e. The molecular formula is C29H29ClF3N5O4. The number of hydrogen-bond donors (Lipinski definition) is 1. The van der Waals surface area contributed by atoms with Gasteiger partial charge in [-0.05, 0) is 51.0 Å². The van der Waals surface area contributed by atoms with Gasteiger partial charge in [-0.2, -0.15) is 13.2 Å². The third kappa shape index (κ3) is 5.83. The lowest BCUT2D eigenvalue weighted by atomic mass is 9.99. The molecule has 1 aromatic carbocycles. The van der Waals surface area contributed by atoms with Gasteiger partial charge in [0.05, 0.1) is 34.6 Å². The molecule has 2 saturated heterocycles. The Morgan fingerprint density at radius 3 is 2.83 bits per heavy atom. The van der Waals surface area contributed by atoms with Crippen LogP contribution < -0.4 is 19.9 Å². The molecule has 0 aliphatic carbocycles. The Morgan fingerprint density at radius 1 is 1.24 bits per heavy atom. The number of fused-ring (bicyclic) bond motifs is 4. The average molecular weight is 604 g/mol. The second kappa shape index (κ2) is 10.9. The summed E-state index contributed by atoms with van der Waals surface area (Å²) in [6.07, 6.45) is -1.64. The van der Waals surface area contributed by atoms with Gasteiger partial charge in [0.1, 0.15) is 12.7 Å². The molecule has 0 spiro atoms. The van der Waals surface area contributed by atoms with Crippen LogP contribution in [0.2, 0.25) is 5.02 Å². The van der Waals surface area contributed by atoms with E-state index in [1.54, 1.807) is 23.1 Å². The molecule has 2 bridgehead atoms. The van der Waals surface area contributed by atoms with Gasteiger partial charge in [0, 0.05) is 36.6 Å². The van der Waals surface area contributed by atoms with Crippen molar-refractivity contribution in [1.29, 1.82) is 0 Å². The molecule has 0 radical (unpaired) electrons. The Kier molecular flexibility index (Phi) is 7.40. The van der Waals surface area contributed by atoms with Gasteiger partial charge in [-0.25, -0.2) is 14.8 Å². The van der Waals surface area contributed by atoms with Crippen molar-refractivity contribution in [3.63, 3.8) is 0 Å². The standard InChI is InChI=1S/C29H29ClF3N5O4/c1-28(2)41-16-21(42-28)15-40-24-12-19(8-9-34-24)35-27(39)38-20-7-4-10-37(14-20)23-13-22(30)25(36-26(23)38)17-5-3-6-18(11-17)29(31,32)33/h3,5-6,8-9,11-13,20-21H,4,7,10,14-16H2,1-2H3,(H,34,35,39)/t20-,21?/m0/s1. The second-order valence-corrected chi connectivity index (χ2v) is 11.3. The lowest BCUT2D eigenvalue weighted by Gasteiger charge is -2.46. The summed E-state index contributed by atoms with van der Waals surface area (Å²) in [4.78, 5) is 26.4. The number of benzene rings is 1. The fourth-order valence-electron chi connectivity index (χ4n) is 5.52. The lowest BCUT2D eigenvalue weighted by molar-refractivity contribution is -0.141. The van der Waals surface area contributed by atoms with Crippen LogP contribution in [0.1, 0.15) is 32.3 Å². The highest BCUT2D eigenvalue weighted by Crippen LogP contribution is 2.43. The Morgan fingerprint density at radius 2 is 2.07 bits per heavy atom. The number of amides is 2. The van der Waals surface area contributed by atoms with Crippen molar-refractivity contribution in [1.82, 2.24) is 9.97 Å². The maximum atomic E-state index is 13.8. The molecule has 6 rings (SSSR count). The van der Waals surface area contributed by atoms with Crippen molar-refractivity contribution >= 4 is 34.8 Å². The fraction of sp³-hybridized carbons (Fsp3) is 0.414. The summed E-state index contributed by atoms with van der Waals surface area (Å²) in [5.41, 5.74) is 0.682. The minimum Gasteiger partial charge on any atom is -0.475 e. The largest absolute Gasteiger partial charge is 0.475 e. The van der Waals surface area contributed by atoms with Crippen LogP contribution in [0, 0.1) is 0 Å². The number of carbonyl (C=O) groups is 1. The molecule has 2 atom stereocenters. The lowest BCUT2D eigenvalue weighted by Crippen LogP contribution is -2.56. The Labute approximate surface area is 245 Å². The van der Waals surface area contributed by atoms with E-state index in [4.69, 9.17) is 30.8 Å². The maximum absolute atomic E-state index is 13.8. The van der Waals surface area contributed by atoms with Crippen molar-refractivity contribution in [3.05, 3.63) is 59.2 Å². The number of aromatic nitrogens is 2. The van der Waals surface area contributed by atoms with Gasteiger partial charge in [0.25, 0.3) is 0 Å². The third-order valence-electron chi connectivity index (χ3n) is 7.42. The summed E-state index contributed by atoms with van der Waals surface area (Å²) in [5, 5.41) is 3.11. The number of ether oxygens (including phenoxy) is 3. The second-order valence-electron chi connectivity index (χ2n) is 10.9. The van der Waals surface area contributed by atoms with E-state index in [1.807, 2.05) is 13.8 Å². The Balaban J connectivity index is 1.27. The number of piperidine rings is 1. The smallest absolute Gasteiger partial charge is 0.416 e. The molecule has 42 heavy (non-hydrogen) atoms. The van der Waals surface area contributed by atoms with Crippen molar-refractivity contribution in [2.24, 2.45) is 0 Å². The van der Waals surface area contributed by atoms with Crippen LogP contribution in [0.15, 0.2) is 48.7 Å². The van der Waals surface area contributed by atoms with Gasteiger partial charge in [0.15, 0.2) is 11.6 Å². The molecule has 1 unspecified atom stereocenters. The highest BCUT2D eigenvalue weighted by molar-refractivity contribution is 6.33. The first kappa shape index (κ1) is 28.5. The van der Waals surface area contributed by atoms with Crippen LogP contribution in [0.5, 0.6) is 5.88 Å². The normalized spacial score (nSPS) is 21.2. The number of alkyl halides is 3.